The van der Waals surface area contributed by atoms with Crippen LogP contribution in [0.3, 0.4) is 0 Å². The molecule has 1 N–H and O–H groups in total. The van der Waals surface area contributed by atoms with Gasteiger partial charge in [0.25, 0.3) is 5.91 Å². The molecule has 1 saturated carbocycles. The molecule has 8 heteroatoms. The first-order valence-electron chi connectivity index (χ1n) is 13.9. The summed E-state index contributed by atoms with van der Waals surface area (Å²) in [5.41, 5.74) is 0.592. The van der Waals surface area contributed by atoms with Crippen LogP contribution in [0.15, 0.2) is 18.2 Å². The minimum absolute atomic E-state index is 0.00924. The summed E-state index contributed by atoms with van der Waals surface area (Å²) in [4.78, 5) is 30.8. The minimum Gasteiger partial charge on any atom is -0.493 e. The molecule has 2 saturated heterocycles. The quantitative estimate of drug-likeness (QED) is 0.431. The second-order valence-corrected chi connectivity index (χ2v) is 11.4. The molecule has 5 atom stereocenters. The minimum atomic E-state index is -0.00924. The number of hydrogen-bond donors (Lipinski definition) is 1. The third-order valence-corrected chi connectivity index (χ3v) is 8.61. The smallest absolute Gasteiger partial charge is 0.254 e. The molecule has 0 aromatic heterocycles. The van der Waals surface area contributed by atoms with Gasteiger partial charge in [0.05, 0.1) is 13.7 Å². The van der Waals surface area contributed by atoms with E-state index in [1.54, 1.807) is 26.4 Å². The van der Waals surface area contributed by atoms with Crippen molar-refractivity contribution in [2.75, 3.05) is 60.2 Å². The number of rotatable bonds is 12. The first kappa shape index (κ1) is 27.7. The molecule has 2 amide bonds. The van der Waals surface area contributed by atoms with Crippen LogP contribution < -0.4 is 14.8 Å². The van der Waals surface area contributed by atoms with Crippen LogP contribution in [-0.4, -0.2) is 87.8 Å². The van der Waals surface area contributed by atoms with Gasteiger partial charge < -0.3 is 29.3 Å². The Morgan fingerprint density at radius 1 is 1.14 bits per heavy atom. The van der Waals surface area contributed by atoms with Crippen LogP contribution in [0, 0.1) is 29.6 Å². The van der Waals surface area contributed by atoms with Crippen LogP contribution >= 0.6 is 0 Å². The van der Waals surface area contributed by atoms with E-state index < -0.39 is 0 Å². The number of hydrogen-bond acceptors (Lipinski definition) is 6. The summed E-state index contributed by atoms with van der Waals surface area (Å²) in [7, 11) is 3.27. The van der Waals surface area contributed by atoms with Crippen molar-refractivity contribution in [2.24, 2.45) is 29.6 Å². The number of nitrogens with one attached hydrogen (secondary N) is 1. The average Bonchev–Trinajstić information content (AvgIpc) is 3.29. The molecule has 206 valence electrons. The molecular formula is C29H45N3O5. The summed E-state index contributed by atoms with van der Waals surface area (Å²) >= 11 is 0. The van der Waals surface area contributed by atoms with Crippen LogP contribution in [-0.2, 0) is 9.53 Å². The van der Waals surface area contributed by atoms with Gasteiger partial charge in [0.1, 0.15) is 0 Å². The van der Waals surface area contributed by atoms with Gasteiger partial charge in [-0.25, -0.2) is 0 Å². The Morgan fingerprint density at radius 3 is 2.59 bits per heavy atom. The molecule has 8 nitrogen and oxygen atoms in total. The fourth-order valence-electron chi connectivity index (χ4n) is 6.24. The number of piperidine rings is 1. The summed E-state index contributed by atoms with van der Waals surface area (Å²) in [6.07, 6.45) is 3.01. The molecule has 0 spiro atoms. The van der Waals surface area contributed by atoms with E-state index in [0.29, 0.717) is 66.4 Å². The summed E-state index contributed by atoms with van der Waals surface area (Å²) < 4.78 is 16.5. The lowest BCUT2D eigenvalue weighted by Gasteiger charge is -2.49. The molecule has 2 heterocycles. The maximum atomic E-state index is 13.7. The first-order valence-corrected chi connectivity index (χ1v) is 13.9. The molecule has 0 radical (unpaired) electrons. The molecule has 3 aliphatic rings. The van der Waals surface area contributed by atoms with Crippen LogP contribution in [0.4, 0.5) is 0 Å². The molecule has 1 aliphatic carbocycles. The van der Waals surface area contributed by atoms with Crippen molar-refractivity contribution in [3.8, 4) is 11.5 Å². The largest absolute Gasteiger partial charge is 0.493 e. The lowest BCUT2D eigenvalue weighted by atomic mass is 9.64. The van der Waals surface area contributed by atoms with Gasteiger partial charge >= 0.3 is 0 Å². The highest BCUT2D eigenvalue weighted by Crippen LogP contribution is 2.44. The number of carbonyl (C=O) groups is 2. The molecular weight excluding hydrogens is 470 g/mol. The zero-order chi connectivity index (χ0) is 26.5. The van der Waals surface area contributed by atoms with E-state index in [1.165, 1.54) is 6.42 Å². The predicted molar refractivity (Wildman–Crippen MR) is 143 cm³/mol. The van der Waals surface area contributed by atoms with Gasteiger partial charge in [0, 0.05) is 70.4 Å². The van der Waals surface area contributed by atoms with Crippen molar-refractivity contribution in [1.29, 1.82) is 0 Å². The highest BCUT2D eigenvalue weighted by Gasteiger charge is 2.47. The van der Waals surface area contributed by atoms with Gasteiger partial charge in [0.15, 0.2) is 11.5 Å². The maximum Gasteiger partial charge on any atom is 0.254 e. The summed E-state index contributed by atoms with van der Waals surface area (Å²) in [6, 6.07) is 5.45. The Kier molecular flexibility index (Phi) is 9.35. The molecule has 37 heavy (non-hydrogen) atoms. The van der Waals surface area contributed by atoms with Gasteiger partial charge in [-0.05, 0) is 68.6 Å². The molecule has 1 aromatic carbocycles. The number of likely N-dealkylation sites (tertiary alicyclic amines) is 1. The van der Waals surface area contributed by atoms with Crippen LogP contribution in [0.2, 0.25) is 0 Å². The summed E-state index contributed by atoms with van der Waals surface area (Å²) in [5, 5.41) is 3.53. The number of carbonyl (C=O) groups excluding carboxylic acids is 2. The highest BCUT2D eigenvalue weighted by molar-refractivity contribution is 5.95. The zero-order valence-corrected chi connectivity index (χ0v) is 23.2. The van der Waals surface area contributed by atoms with E-state index >= 15 is 0 Å². The molecule has 0 bridgehead atoms. The number of methoxy groups -OCH3 is 2. The van der Waals surface area contributed by atoms with E-state index in [2.05, 4.69) is 31.0 Å². The Labute approximate surface area is 222 Å². The normalized spacial score (nSPS) is 27.1. The Hall–Kier alpha value is -2.32. The fourth-order valence-corrected chi connectivity index (χ4v) is 6.24. The van der Waals surface area contributed by atoms with E-state index in [-0.39, 0.29) is 17.9 Å². The van der Waals surface area contributed by atoms with Gasteiger partial charge in [-0.2, -0.15) is 0 Å². The number of ether oxygens (including phenoxy) is 3. The van der Waals surface area contributed by atoms with E-state index in [0.717, 1.165) is 39.0 Å². The van der Waals surface area contributed by atoms with Gasteiger partial charge in [-0.15, -0.1) is 0 Å². The topological polar surface area (TPSA) is 80.3 Å². The summed E-state index contributed by atoms with van der Waals surface area (Å²) in [5.74, 6) is 3.59. The Balaban J connectivity index is 1.42. The molecule has 1 aromatic rings. The second-order valence-electron chi connectivity index (χ2n) is 11.4. The average molecular weight is 516 g/mol. The first-order chi connectivity index (χ1) is 17.8. The predicted octanol–water partition coefficient (Wildman–Crippen LogP) is 3.30. The standard InChI is InChI=1S/C29H45N3O5/c1-19(2)32(28(33)21-7-10-26(36-5)27(13-21)37-12-6-11-35-4)18-23-15-30-14-22(23)17-31-16-20(3)24-8-9-25(24)29(31)34/h7,10,13,19-20,22-25,30H,6,8-9,11-12,14-18H2,1-5H3/t20?,22-,23-,24?,25?/m0/s1. The van der Waals surface area contributed by atoms with Crippen molar-refractivity contribution in [3.05, 3.63) is 23.8 Å². The monoisotopic (exact) mass is 515 g/mol. The van der Waals surface area contributed by atoms with Crippen molar-refractivity contribution in [1.82, 2.24) is 15.1 Å². The van der Waals surface area contributed by atoms with Crippen molar-refractivity contribution < 1.29 is 23.8 Å². The van der Waals surface area contributed by atoms with Crippen molar-refractivity contribution in [2.45, 2.75) is 46.1 Å². The Morgan fingerprint density at radius 2 is 1.92 bits per heavy atom. The number of fused-ring (bicyclic) bond motifs is 1. The lowest BCUT2D eigenvalue weighted by Crippen LogP contribution is -2.55. The summed E-state index contributed by atoms with van der Waals surface area (Å²) in [6.45, 7) is 11.6. The SMILES string of the molecule is COCCCOc1cc(C(=O)N(C[C@@H]2CNC[C@H]2CN2CC(C)C3CCC3C2=O)C(C)C)ccc1OC. The van der Waals surface area contributed by atoms with Crippen molar-refractivity contribution in [3.63, 3.8) is 0 Å². The molecule has 2 aliphatic heterocycles. The van der Waals surface area contributed by atoms with Gasteiger partial charge in [0.2, 0.25) is 5.91 Å². The van der Waals surface area contributed by atoms with Crippen molar-refractivity contribution >= 4 is 11.8 Å². The van der Waals surface area contributed by atoms with E-state index in [1.807, 2.05) is 11.0 Å². The van der Waals surface area contributed by atoms with E-state index in [9.17, 15) is 9.59 Å². The maximum absolute atomic E-state index is 13.7. The third kappa shape index (κ3) is 6.23. The number of amides is 2. The second kappa shape index (κ2) is 12.5. The van der Waals surface area contributed by atoms with Gasteiger partial charge in [-0.3, -0.25) is 9.59 Å². The van der Waals surface area contributed by atoms with Crippen LogP contribution in [0.25, 0.3) is 0 Å². The van der Waals surface area contributed by atoms with Gasteiger partial charge in [-0.1, -0.05) is 6.92 Å². The lowest BCUT2D eigenvalue weighted by molar-refractivity contribution is -0.151. The number of nitrogens with zero attached hydrogens (tertiary/aromatic N) is 2. The molecule has 4 rings (SSSR count). The number of benzene rings is 1. The Bertz CT molecular complexity index is 938. The molecule has 3 fully saturated rings. The fraction of sp³-hybridized carbons (Fsp3) is 0.724. The van der Waals surface area contributed by atoms with E-state index in [4.69, 9.17) is 14.2 Å². The van der Waals surface area contributed by atoms with Crippen LogP contribution in [0.5, 0.6) is 11.5 Å². The highest BCUT2D eigenvalue weighted by atomic mass is 16.5. The third-order valence-electron chi connectivity index (χ3n) is 8.61. The van der Waals surface area contributed by atoms with Crippen LogP contribution in [0.1, 0.15) is 50.4 Å². The zero-order valence-electron chi connectivity index (χ0n) is 23.2. The molecule has 3 unspecified atom stereocenters.